The SMILES string of the molecule is COc1ccc(C[C@H]2COC(=O)N2C(=O)C(C)Cl)cc1. The number of amides is 2. The van der Waals surface area contributed by atoms with Gasteiger partial charge in [0.25, 0.3) is 0 Å². The first-order valence-corrected chi connectivity index (χ1v) is 6.73. The van der Waals surface area contributed by atoms with E-state index in [1.54, 1.807) is 14.0 Å². The van der Waals surface area contributed by atoms with Gasteiger partial charge in [-0.3, -0.25) is 4.79 Å². The van der Waals surface area contributed by atoms with Crippen molar-refractivity contribution < 1.29 is 19.1 Å². The van der Waals surface area contributed by atoms with E-state index in [0.717, 1.165) is 16.2 Å². The van der Waals surface area contributed by atoms with Crippen LogP contribution in [0.2, 0.25) is 0 Å². The van der Waals surface area contributed by atoms with Crippen LogP contribution in [-0.4, -0.2) is 42.0 Å². The number of methoxy groups -OCH3 is 1. The molecule has 0 radical (unpaired) electrons. The first-order chi connectivity index (χ1) is 9.52. The number of ether oxygens (including phenoxy) is 2. The predicted octanol–water partition coefficient (Wildman–Crippen LogP) is 2.21. The Morgan fingerprint density at radius 2 is 2.15 bits per heavy atom. The fourth-order valence-corrected chi connectivity index (χ4v) is 2.21. The second kappa shape index (κ2) is 6.13. The molecule has 5 nitrogen and oxygen atoms in total. The lowest BCUT2D eigenvalue weighted by Crippen LogP contribution is -2.43. The number of hydrogen-bond acceptors (Lipinski definition) is 4. The third-order valence-electron chi connectivity index (χ3n) is 3.17. The van der Waals surface area contributed by atoms with Crippen LogP contribution in [0.5, 0.6) is 5.75 Å². The topological polar surface area (TPSA) is 55.8 Å². The molecule has 1 heterocycles. The van der Waals surface area contributed by atoms with Crippen molar-refractivity contribution >= 4 is 23.6 Å². The molecule has 1 aromatic rings. The molecule has 1 unspecified atom stereocenters. The summed E-state index contributed by atoms with van der Waals surface area (Å²) < 4.78 is 10.0. The lowest BCUT2D eigenvalue weighted by atomic mass is 10.1. The average Bonchev–Trinajstić information content (AvgIpc) is 2.79. The van der Waals surface area contributed by atoms with Gasteiger partial charge in [-0.1, -0.05) is 12.1 Å². The second-order valence-electron chi connectivity index (χ2n) is 4.61. The number of cyclic esters (lactones) is 1. The molecule has 6 heteroatoms. The highest BCUT2D eigenvalue weighted by molar-refractivity contribution is 6.31. The van der Waals surface area contributed by atoms with Crippen LogP contribution in [0.25, 0.3) is 0 Å². The molecule has 1 aliphatic rings. The van der Waals surface area contributed by atoms with Gasteiger partial charge in [-0.05, 0) is 31.0 Å². The first-order valence-electron chi connectivity index (χ1n) is 6.29. The maximum Gasteiger partial charge on any atom is 0.417 e. The number of halogens is 1. The van der Waals surface area contributed by atoms with E-state index in [-0.39, 0.29) is 12.6 Å². The molecule has 1 aliphatic heterocycles. The normalized spacial score (nSPS) is 19.6. The molecular weight excluding hydrogens is 282 g/mol. The molecular formula is C14H16ClNO4. The lowest BCUT2D eigenvalue weighted by Gasteiger charge is -2.20. The Morgan fingerprint density at radius 1 is 1.50 bits per heavy atom. The summed E-state index contributed by atoms with van der Waals surface area (Å²) in [5.74, 6) is 0.336. The summed E-state index contributed by atoms with van der Waals surface area (Å²) in [4.78, 5) is 24.7. The fourth-order valence-electron chi connectivity index (χ4n) is 2.11. The zero-order valence-corrected chi connectivity index (χ0v) is 12.1. The molecule has 0 saturated carbocycles. The maximum atomic E-state index is 11.9. The van der Waals surface area contributed by atoms with Gasteiger partial charge in [-0.2, -0.15) is 0 Å². The molecule has 2 amide bonds. The Balaban J connectivity index is 2.10. The monoisotopic (exact) mass is 297 g/mol. The molecule has 2 rings (SSSR count). The number of benzene rings is 1. The number of nitrogens with zero attached hydrogens (tertiary/aromatic N) is 1. The quantitative estimate of drug-likeness (QED) is 0.800. The van der Waals surface area contributed by atoms with E-state index >= 15 is 0 Å². The van der Waals surface area contributed by atoms with Gasteiger partial charge < -0.3 is 9.47 Å². The van der Waals surface area contributed by atoms with Gasteiger partial charge in [-0.25, -0.2) is 9.69 Å². The highest BCUT2D eigenvalue weighted by Crippen LogP contribution is 2.21. The van der Waals surface area contributed by atoms with E-state index in [4.69, 9.17) is 21.1 Å². The van der Waals surface area contributed by atoms with Crippen LogP contribution in [0.1, 0.15) is 12.5 Å². The van der Waals surface area contributed by atoms with Crippen LogP contribution in [0, 0.1) is 0 Å². The average molecular weight is 298 g/mol. The zero-order valence-electron chi connectivity index (χ0n) is 11.3. The predicted molar refractivity (Wildman–Crippen MR) is 74.0 cm³/mol. The molecule has 108 valence electrons. The van der Waals surface area contributed by atoms with E-state index in [2.05, 4.69) is 0 Å². The first kappa shape index (κ1) is 14.7. The Labute approximate surface area is 122 Å². The third kappa shape index (κ3) is 3.04. The lowest BCUT2D eigenvalue weighted by molar-refractivity contribution is -0.128. The van der Waals surface area contributed by atoms with Crippen LogP contribution in [0.3, 0.4) is 0 Å². The second-order valence-corrected chi connectivity index (χ2v) is 5.26. The van der Waals surface area contributed by atoms with Crippen molar-refractivity contribution in [1.29, 1.82) is 0 Å². The molecule has 20 heavy (non-hydrogen) atoms. The van der Waals surface area contributed by atoms with Gasteiger partial charge in [0.1, 0.15) is 17.7 Å². The van der Waals surface area contributed by atoms with Crippen molar-refractivity contribution in [3.63, 3.8) is 0 Å². The summed E-state index contributed by atoms with van der Waals surface area (Å²) in [5.41, 5.74) is 0.995. The number of hydrogen-bond donors (Lipinski definition) is 0. The van der Waals surface area contributed by atoms with E-state index in [9.17, 15) is 9.59 Å². The summed E-state index contributed by atoms with van der Waals surface area (Å²) in [6, 6.07) is 7.15. The van der Waals surface area contributed by atoms with Crippen molar-refractivity contribution in [3.05, 3.63) is 29.8 Å². The molecule has 0 N–H and O–H groups in total. The number of carbonyl (C=O) groups is 2. The van der Waals surface area contributed by atoms with Crippen molar-refractivity contribution in [2.75, 3.05) is 13.7 Å². The summed E-state index contributed by atoms with van der Waals surface area (Å²) in [6.45, 7) is 1.74. The van der Waals surface area contributed by atoms with Gasteiger partial charge >= 0.3 is 6.09 Å². The van der Waals surface area contributed by atoms with Gasteiger partial charge in [0.05, 0.1) is 13.2 Å². The largest absolute Gasteiger partial charge is 0.497 e. The zero-order chi connectivity index (χ0) is 14.7. The van der Waals surface area contributed by atoms with Crippen molar-refractivity contribution in [1.82, 2.24) is 4.90 Å². The highest BCUT2D eigenvalue weighted by atomic mass is 35.5. The van der Waals surface area contributed by atoms with Crippen LogP contribution in [0.15, 0.2) is 24.3 Å². The Morgan fingerprint density at radius 3 is 2.70 bits per heavy atom. The number of imide groups is 1. The molecule has 0 aromatic heterocycles. The molecule has 0 bridgehead atoms. The van der Waals surface area contributed by atoms with Crippen molar-refractivity contribution in [2.24, 2.45) is 0 Å². The smallest absolute Gasteiger partial charge is 0.417 e. The highest BCUT2D eigenvalue weighted by Gasteiger charge is 2.39. The summed E-state index contributed by atoms with van der Waals surface area (Å²) in [6.07, 6.45) is -0.0912. The number of carbonyl (C=O) groups excluding carboxylic acids is 2. The van der Waals surface area contributed by atoms with E-state index < -0.39 is 17.4 Å². The number of alkyl halides is 1. The van der Waals surface area contributed by atoms with Crippen LogP contribution < -0.4 is 4.74 Å². The Hall–Kier alpha value is -1.75. The van der Waals surface area contributed by atoms with Crippen LogP contribution >= 0.6 is 11.6 Å². The van der Waals surface area contributed by atoms with Gasteiger partial charge in [0.2, 0.25) is 5.91 Å². The minimum absolute atomic E-state index is 0.195. The Bertz CT molecular complexity index is 500. The van der Waals surface area contributed by atoms with Gasteiger partial charge in [0, 0.05) is 0 Å². The Kier molecular flexibility index (Phi) is 4.49. The third-order valence-corrected chi connectivity index (χ3v) is 3.36. The molecule has 2 atom stereocenters. The minimum Gasteiger partial charge on any atom is -0.497 e. The molecule has 1 saturated heterocycles. The standard InChI is InChI=1S/C14H16ClNO4/c1-9(15)13(17)16-11(8-20-14(16)18)7-10-3-5-12(19-2)6-4-10/h3-6,9,11H,7-8H2,1-2H3/t9?,11-/m0/s1. The minimum atomic E-state index is -0.751. The molecule has 0 spiro atoms. The van der Waals surface area contributed by atoms with E-state index in [0.29, 0.717) is 6.42 Å². The van der Waals surface area contributed by atoms with Gasteiger partial charge in [0.15, 0.2) is 0 Å². The van der Waals surface area contributed by atoms with Crippen LogP contribution in [-0.2, 0) is 16.0 Å². The molecule has 1 fully saturated rings. The van der Waals surface area contributed by atoms with Crippen molar-refractivity contribution in [2.45, 2.75) is 24.8 Å². The summed E-state index contributed by atoms with van der Waals surface area (Å²) in [7, 11) is 1.60. The molecule has 0 aliphatic carbocycles. The van der Waals surface area contributed by atoms with E-state index in [1.807, 2.05) is 24.3 Å². The summed E-state index contributed by atoms with van der Waals surface area (Å²) in [5, 5.41) is -0.751. The van der Waals surface area contributed by atoms with Crippen molar-refractivity contribution in [3.8, 4) is 5.75 Å². The van der Waals surface area contributed by atoms with Gasteiger partial charge in [-0.15, -0.1) is 11.6 Å². The molecule has 1 aromatic carbocycles. The fraction of sp³-hybridized carbons (Fsp3) is 0.429. The summed E-state index contributed by atoms with van der Waals surface area (Å²) >= 11 is 5.77. The number of rotatable bonds is 4. The maximum absolute atomic E-state index is 11.9. The van der Waals surface area contributed by atoms with Crippen LogP contribution in [0.4, 0.5) is 4.79 Å². The van der Waals surface area contributed by atoms with E-state index in [1.165, 1.54) is 0 Å².